The first-order valence-electron chi connectivity index (χ1n) is 7.74. The zero-order valence-corrected chi connectivity index (χ0v) is 13.8. The van der Waals surface area contributed by atoms with Crippen LogP contribution < -0.4 is 5.56 Å². The van der Waals surface area contributed by atoms with E-state index in [9.17, 15) is 9.59 Å². The van der Waals surface area contributed by atoms with E-state index in [1.807, 2.05) is 29.6 Å². The molecule has 3 rings (SSSR count). The maximum atomic E-state index is 12.4. The quantitative estimate of drug-likeness (QED) is 0.649. The van der Waals surface area contributed by atoms with E-state index in [1.54, 1.807) is 6.07 Å². The molecule has 0 fully saturated rings. The lowest BCUT2D eigenvalue weighted by Crippen LogP contribution is -2.24. The van der Waals surface area contributed by atoms with Crippen molar-refractivity contribution in [1.29, 1.82) is 0 Å². The second-order valence-electron chi connectivity index (χ2n) is 5.54. The van der Waals surface area contributed by atoms with Gasteiger partial charge in [0.15, 0.2) is 5.78 Å². The molecule has 4 nitrogen and oxygen atoms in total. The van der Waals surface area contributed by atoms with Crippen molar-refractivity contribution in [2.45, 2.75) is 32.7 Å². The summed E-state index contributed by atoms with van der Waals surface area (Å²) in [4.78, 5) is 29.6. The minimum atomic E-state index is -0.163. The molecule has 2 heterocycles. The van der Waals surface area contributed by atoms with E-state index < -0.39 is 0 Å². The number of nitrogens with zero attached hydrogens (tertiary/aromatic N) is 2. The molecule has 0 aliphatic carbocycles. The predicted molar refractivity (Wildman–Crippen MR) is 93.3 cm³/mol. The summed E-state index contributed by atoms with van der Waals surface area (Å²) in [6.45, 7) is 2.18. The zero-order valence-electron chi connectivity index (χ0n) is 13.0. The van der Waals surface area contributed by atoms with Crippen molar-refractivity contribution in [1.82, 2.24) is 9.55 Å². The fraction of sp³-hybridized carbons (Fsp3) is 0.278. The van der Waals surface area contributed by atoms with Crippen molar-refractivity contribution in [3.8, 4) is 0 Å². The van der Waals surface area contributed by atoms with Crippen molar-refractivity contribution < 1.29 is 4.79 Å². The van der Waals surface area contributed by atoms with Gasteiger partial charge in [-0.3, -0.25) is 14.2 Å². The molecule has 118 valence electrons. The molecule has 0 spiro atoms. The number of hydrogen-bond acceptors (Lipinski definition) is 4. The topological polar surface area (TPSA) is 52.0 Å². The van der Waals surface area contributed by atoms with E-state index in [0.717, 1.165) is 19.3 Å². The smallest absolute Gasteiger partial charge is 0.262 e. The number of Topliss-reactive ketones (excluding diaryl/α,β-unsaturated/α-hetero) is 1. The van der Waals surface area contributed by atoms with Crippen LogP contribution in [-0.4, -0.2) is 15.3 Å². The number of rotatable bonds is 6. The third-order valence-corrected chi connectivity index (χ3v) is 4.68. The van der Waals surface area contributed by atoms with E-state index in [-0.39, 0.29) is 17.9 Å². The third kappa shape index (κ3) is 3.40. The molecule has 0 aliphatic heterocycles. The highest BCUT2D eigenvalue weighted by Crippen LogP contribution is 2.14. The van der Waals surface area contributed by atoms with Crippen LogP contribution in [0.5, 0.6) is 0 Å². The molecule has 0 saturated carbocycles. The molecule has 1 aromatic carbocycles. The normalized spacial score (nSPS) is 11.0. The highest BCUT2D eigenvalue weighted by Gasteiger charge is 2.10. The lowest BCUT2D eigenvalue weighted by molar-refractivity contribution is 0.0970. The summed E-state index contributed by atoms with van der Waals surface area (Å²) in [6.07, 6.45) is 4.79. The molecule has 3 aromatic rings. The van der Waals surface area contributed by atoms with Crippen molar-refractivity contribution in [3.05, 3.63) is 63.5 Å². The highest BCUT2D eigenvalue weighted by molar-refractivity contribution is 7.16. The van der Waals surface area contributed by atoms with Gasteiger partial charge in [-0.1, -0.05) is 37.6 Å². The van der Waals surface area contributed by atoms with Gasteiger partial charge >= 0.3 is 0 Å². The number of ketones is 1. The number of hydrogen-bond donors (Lipinski definition) is 0. The van der Waals surface area contributed by atoms with Gasteiger partial charge in [0, 0.05) is 5.56 Å². The number of fused-ring (bicyclic) bond motifs is 1. The maximum Gasteiger partial charge on any atom is 0.262 e. The Bertz CT molecular complexity index is 878. The average molecular weight is 326 g/mol. The van der Waals surface area contributed by atoms with E-state index in [1.165, 1.54) is 27.8 Å². The van der Waals surface area contributed by atoms with E-state index in [0.29, 0.717) is 15.8 Å². The van der Waals surface area contributed by atoms with Crippen LogP contribution in [0.15, 0.2) is 46.8 Å². The lowest BCUT2D eigenvalue weighted by Gasteiger charge is -2.06. The molecule has 23 heavy (non-hydrogen) atoms. The molecule has 0 radical (unpaired) electrons. The van der Waals surface area contributed by atoms with Crippen LogP contribution in [0.1, 0.15) is 35.7 Å². The fourth-order valence-corrected chi connectivity index (χ4v) is 3.21. The molecule has 0 amide bonds. The zero-order chi connectivity index (χ0) is 16.2. The molecule has 0 saturated heterocycles. The summed E-state index contributed by atoms with van der Waals surface area (Å²) in [6, 6.07) is 9.42. The van der Waals surface area contributed by atoms with Crippen molar-refractivity contribution >= 4 is 27.3 Å². The Balaban J connectivity index is 1.77. The molecule has 0 unspecified atom stereocenters. The van der Waals surface area contributed by atoms with Gasteiger partial charge in [0.25, 0.3) is 5.56 Å². The summed E-state index contributed by atoms with van der Waals surface area (Å²) in [5.41, 5.74) is 1.70. The van der Waals surface area contributed by atoms with Crippen LogP contribution in [0.4, 0.5) is 0 Å². The Hall–Kier alpha value is -2.27. The Morgan fingerprint density at radius 1 is 1.22 bits per heavy atom. The van der Waals surface area contributed by atoms with Gasteiger partial charge in [-0.2, -0.15) is 0 Å². The molecule has 0 aliphatic rings. The molecule has 5 heteroatoms. The predicted octanol–water partition coefficient (Wildman–Crippen LogP) is 3.68. The van der Waals surface area contributed by atoms with E-state index >= 15 is 0 Å². The number of aromatic nitrogens is 2. The first-order chi connectivity index (χ1) is 11.2. The van der Waals surface area contributed by atoms with Crippen LogP contribution >= 0.6 is 11.3 Å². The molecular weight excluding hydrogens is 308 g/mol. The lowest BCUT2D eigenvalue weighted by atomic mass is 10.0. The number of benzene rings is 1. The van der Waals surface area contributed by atoms with Gasteiger partial charge in [0.1, 0.15) is 4.83 Å². The maximum absolute atomic E-state index is 12.4. The van der Waals surface area contributed by atoms with E-state index in [2.05, 4.69) is 11.9 Å². The number of aryl methyl sites for hydroxylation is 1. The molecular formula is C18H18N2O2S. The van der Waals surface area contributed by atoms with Crippen LogP contribution in [0.25, 0.3) is 10.2 Å². The highest BCUT2D eigenvalue weighted by atomic mass is 32.1. The Kier molecular flexibility index (Phi) is 4.67. The van der Waals surface area contributed by atoms with Crippen molar-refractivity contribution in [3.63, 3.8) is 0 Å². The Morgan fingerprint density at radius 3 is 2.74 bits per heavy atom. The number of thiophene rings is 1. The van der Waals surface area contributed by atoms with Gasteiger partial charge in [-0.25, -0.2) is 4.98 Å². The molecule has 0 N–H and O–H groups in total. The van der Waals surface area contributed by atoms with Crippen molar-refractivity contribution in [2.75, 3.05) is 0 Å². The van der Waals surface area contributed by atoms with Crippen LogP contribution in [0, 0.1) is 0 Å². The average Bonchev–Trinajstić information content (AvgIpc) is 3.05. The fourth-order valence-electron chi connectivity index (χ4n) is 2.49. The molecule has 2 aromatic heterocycles. The van der Waals surface area contributed by atoms with E-state index in [4.69, 9.17) is 0 Å². The van der Waals surface area contributed by atoms with Crippen molar-refractivity contribution in [2.24, 2.45) is 0 Å². The standard InChI is InChI=1S/C18H18N2O2S/c1-2-3-4-13-5-7-14(8-6-13)16(21)11-20-12-19-17-15(18(20)22)9-10-23-17/h5-10,12H,2-4,11H2,1H3. The number of carbonyl (C=O) groups excluding carboxylic acids is 1. The number of carbonyl (C=O) groups is 1. The summed E-state index contributed by atoms with van der Waals surface area (Å²) < 4.78 is 1.38. The third-order valence-electron chi connectivity index (χ3n) is 3.86. The first kappa shape index (κ1) is 15.6. The SMILES string of the molecule is CCCCc1ccc(C(=O)Cn2cnc3sccc3c2=O)cc1. The van der Waals surface area contributed by atoms with Crippen LogP contribution in [0.3, 0.4) is 0 Å². The number of unbranched alkanes of at least 4 members (excludes halogenated alkanes) is 1. The second kappa shape index (κ2) is 6.87. The van der Waals surface area contributed by atoms with Gasteiger partial charge in [0.05, 0.1) is 18.3 Å². The van der Waals surface area contributed by atoms with Gasteiger partial charge < -0.3 is 0 Å². The largest absolute Gasteiger partial charge is 0.292 e. The Morgan fingerprint density at radius 2 is 2.00 bits per heavy atom. The molecule has 0 bridgehead atoms. The summed E-state index contributed by atoms with van der Waals surface area (Å²) in [5.74, 6) is -0.0782. The minimum absolute atomic E-state index is 0.0198. The van der Waals surface area contributed by atoms with Crippen LogP contribution in [-0.2, 0) is 13.0 Å². The van der Waals surface area contributed by atoms with Gasteiger partial charge in [-0.05, 0) is 29.9 Å². The molecule has 0 atom stereocenters. The van der Waals surface area contributed by atoms with Gasteiger partial charge in [0.2, 0.25) is 0 Å². The summed E-state index contributed by atoms with van der Waals surface area (Å²) in [7, 11) is 0. The monoisotopic (exact) mass is 326 g/mol. The summed E-state index contributed by atoms with van der Waals surface area (Å²) >= 11 is 1.42. The van der Waals surface area contributed by atoms with Crippen LogP contribution in [0.2, 0.25) is 0 Å². The first-order valence-corrected chi connectivity index (χ1v) is 8.62. The van der Waals surface area contributed by atoms with Gasteiger partial charge in [-0.15, -0.1) is 11.3 Å². The Labute approximate surface area is 138 Å². The second-order valence-corrected chi connectivity index (χ2v) is 6.44. The minimum Gasteiger partial charge on any atom is -0.292 e. The summed E-state index contributed by atoms with van der Waals surface area (Å²) in [5, 5.41) is 2.40.